The molecule has 1 heterocycles. The number of urea groups is 1. The van der Waals surface area contributed by atoms with Gasteiger partial charge in [0.25, 0.3) is 0 Å². The van der Waals surface area contributed by atoms with E-state index in [4.69, 9.17) is 0 Å². The molecule has 0 bridgehead atoms. The number of rotatable bonds is 5. The van der Waals surface area contributed by atoms with Crippen molar-refractivity contribution < 1.29 is 4.79 Å². The summed E-state index contributed by atoms with van der Waals surface area (Å²) in [6.45, 7) is 0.900. The van der Waals surface area contributed by atoms with Gasteiger partial charge in [-0.05, 0) is 29.9 Å². The van der Waals surface area contributed by atoms with Crippen LogP contribution in [-0.2, 0) is 13.1 Å². The number of benzene rings is 1. The normalized spacial score (nSPS) is 15.0. The molecule has 0 aliphatic heterocycles. The predicted octanol–water partition coefficient (Wildman–Crippen LogP) is 3.52. The van der Waals surface area contributed by atoms with Gasteiger partial charge < -0.3 is 10.6 Å². The van der Waals surface area contributed by atoms with Crippen molar-refractivity contribution in [2.75, 3.05) is 0 Å². The SMILES string of the molecule is O=C(NCc1ccc(C2CCCCC2)cc1)NCc1cnccn1. The fourth-order valence-corrected chi connectivity index (χ4v) is 3.18. The van der Waals surface area contributed by atoms with Gasteiger partial charge in [-0.15, -0.1) is 0 Å². The first-order chi connectivity index (χ1) is 11.8. The average molecular weight is 324 g/mol. The van der Waals surface area contributed by atoms with E-state index < -0.39 is 0 Å². The first kappa shape index (κ1) is 16.4. The Labute approximate surface area is 142 Å². The summed E-state index contributed by atoms with van der Waals surface area (Å²) in [4.78, 5) is 19.9. The molecule has 0 radical (unpaired) electrons. The summed E-state index contributed by atoms with van der Waals surface area (Å²) in [5.74, 6) is 0.719. The fourth-order valence-electron chi connectivity index (χ4n) is 3.18. The summed E-state index contributed by atoms with van der Waals surface area (Å²) in [6, 6.07) is 8.46. The third kappa shape index (κ3) is 4.78. The molecule has 2 N–H and O–H groups in total. The Morgan fingerprint density at radius 3 is 2.46 bits per heavy atom. The van der Waals surface area contributed by atoms with E-state index in [1.165, 1.54) is 37.7 Å². The second kappa shape index (κ2) is 8.43. The lowest BCUT2D eigenvalue weighted by Gasteiger charge is -2.22. The Bertz CT molecular complexity index is 636. The minimum absolute atomic E-state index is 0.197. The average Bonchev–Trinajstić information content (AvgIpc) is 2.67. The van der Waals surface area contributed by atoms with Gasteiger partial charge in [0.05, 0.1) is 18.4 Å². The van der Waals surface area contributed by atoms with Gasteiger partial charge in [-0.1, -0.05) is 43.5 Å². The van der Waals surface area contributed by atoms with Crippen molar-refractivity contribution in [1.82, 2.24) is 20.6 Å². The Hall–Kier alpha value is -2.43. The number of carbonyl (C=O) groups excluding carboxylic acids is 1. The number of hydrogen-bond donors (Lipinski definition) is 2. The molecule has 126 valence electrons. The third-order valence-electron chi connectivity index (χ3n) is 4.56. The fraction of sp³-hybridized carbons (Fsp3) is 0.421. The van der Waals surface area contributed by atoms with Crippen LogP contribution in [0.4, 0.5) is 4.79 Å². The van der Waals surface area contributed by atoms with Gasteiger partial charge in [0.15, 0.2) is 0 Å². The van der Waals surface area contributed by atoms with Gasteiger partial charge in [-0.25, -0.2) is 4.79 Å². The first-order valence-corrected chi connectivity index (χ1v) is 8.67. The topological polar surface area (TPSA) is 66.9 Å². The van der Waals surface area contributed by atoms with Crippen molar-refractivity contribution in [3.63, 3.8) is 0 Å². The molecule has 2 aromatic rings. The van der Waals surface area contributed by atoms with E-state index in [9.17, 15) is 4.79 Å². The lowest BCUT2D eigenvalue weighted by molar-refractivity contribution is 0.240. The minimum atomic E-state index is -0.197. The highest BCUT2D eigenvalue weighted by Crippen LogP contribution is 2.32. The Morgan fingerprint density at radius 2 is 1.75 bits per heavy atom. The summed E-state index contributed by atoms with van der Waals surface area (Å²) in [5.41, 5.74) is 3.29. The zero-order valence-corrected chi connectivity index (χ0v) is 13.9. The van der Waals surface area contributed by atoms with E-state index in [-0.39, 0.29) is 6.03 Å². The molecule has 1 saturated carbocycles. The van der Waals surface area contributed by atoms with E-state index in [1.54, 1.807) is 18.6 Å². The van der Waals surface area contributed by atoms with Gasteiger partial charge in [-0.3, -0.25) is 9.97 Å². The van der Waals surface area contributed by atoms with Crippen LogP contribution in [0.2, 0.25) is 0 Å². The van der Waals surface area contributed by atoms with Crippen molar-refractivity contribution in [3.05, 3.63) is 59.7 Å². The largest absolute Gasteiger partial charge is 0.334 e. The zero-order chi connectivity index (χ0) is 16.6. The number of aromatic nitrogens is 2. The Kier molecular flexibility index (Phi) is 5.77. The smallest absolute Gasteiger partial charge is 0.315 e. The van der Waals surface area contributed by atoms with Gasteiger partial charge in [0, 0.05) is 18.9 Å². The Morgan fingerprint density at radius 1 is 1.00 bits per heavy atom. The monoisotopic (exact) mass is 324 g/mol. The Balaban J connectivity index is 1.43. The van der Waals surface area contributed by atoms with Gasteiger partial charge in [0.1, 0.15) is 0 Å². The van der Waals surface area contributed by atoms with Crippen LogP contribution in [0.25, 0.3) is 0 Å². The molecular weight excluding hydrogens is 300 g/mol. The molecule has 1 aromatic heterocycles. The molecule has 0 saturated heterocycles. The summed E-state index contributed by atoms with van der Waals surface area (Å²) in [7, 11) is 0. The van der Waals surface area contributed by atoms with E-state index in [0.717, 1.165) is 17.2 Å². The molecule has 1 aliphatic rings. The molecule has 1 aliphatic carbocycles. The van der Waals surface area contributed by atoms with Crippen LogP contribution in [0.15, 0.2) is 42.9 Å². The highest BCUT2D eigenvalue weighted by molar-refractivity contribution is 5.73. The van der Waals surface area contributed by atoms with E-state index in [1.807, 2.05) is 0 Å². The molecule has 1 fully saturated rings. The van der Waals surface area contributed by atoms with Gasteiger partial charge in [0.2, 0.25) is 0 Å². The van der Waals surface area contributed by atoms with Crippen LogP contribution in [0.5, 0.6) is 0 Å². The highest BCUT2D eigenvalue weighted by Gasteiger charge is 2.15. The summed E-state index contributed by atoms with van der Waals surface area (Å²) in [6.07, 6.45) is 11.6. The lowest BCUT2D eigenvalue weighted by Crippen LogP contribution is -2.34. The maximum Gasteiger partial charge on any atom is 0.315 e. The third-order valence-corrected chi connectivity index (χ3v) is 4.56. The summed E-state index contributed by atoms with van der Waals surface area (Å²) >= 11 is 0. The first-order valence-electron chi connectivity index (χ1n) is 8.67. The number of hydrogen-bond acceptors (Lipinski definition) is 3. The van der Waals surface area contributed by atoms with E-state index >= 15 is 0 Å². The van der Waals surface area contributed by atoms with Crippen LogP contribution < -0.4 is 10.6 Å². The standard InChI is InChI=1S/C19H24N4O/c24-19(23-14-18-13-20-10-11-21-18)22-12-15-6-8-17(9-7-15)16-4-2-1-3-5-16/h6-11,13,16H,1-5,12,14H2,(H2,22,23,24). The molecule has 3 rings (SSSR count). The van der Waals surface area contributed by atoms with Crippen LogP contribution in [0.3, 0.4) is 0 Å². The van der Waals surface area contributed by atoms with Crippen molar-refractivity contribution in [3.8, 4) is 0 Å². The van der Waals surface area contributed by atoms with Crippen molar-refractivity contribution in [1.29, 1.82) is 0 Å². The van der Waals surface area contributed by atoms with Crippen molar-refractivity contribution >= 4 is 6.03 Å². The molecule has 5 nitrogen and oxygen atoms in total. The van der Waals surface area contributed by atoms with Crippen LogP contribution in [0, 0.1) is 0 Å². The molecule has 2 amide bonds. The van der Waals surface area contributed by atoms with Crippen LogP contribution >= 0.6 is 0 Å². The molecule has 0 unspecified atom stereocenters. The number of nitrogens with one attached hydrogen (secondary N) is 2. The quantitative estimate of drug-likeness (QED) is 0.884. The lowest BCUT2D eigenvalue weighted by atomic mass is 9.84. The summed E-state index contributed by atoms with van der Waals surface area (Å²) in [5, 5.41) is 5.65. The number of amides is 2. The molecule has 0 spiro atoms. The molecule has 24 heavy (non-hydrogen) atoms. The maximum absolute atomic E-state index is 11.8. The number of nitrogens with zero attached hydrogens (tertiary/aromatic N) is 2. The van der Waals surface area contributed by atoms with Crippen molar-refractivity contribution in [2.24, 2.45) is 0 Å². The predicted molar refractivity (Wildman–Crippen MR) is 93.4 cm³/mol. The van der Waals surface area contributed by atoms with E-state index in [2.05, 4.69) is 44.9 Å². The molecule has 1 aromatic carbocycles. The molecular formula is C19H24N4O. The van der Waals surface area contributed by atoms with Gasteiger partial charge >= 0.3 is 6.03 Å². The van der Waals surface area contributed by atoms with Crippen molar-refractivity contribution in [2.45, 2.75) is 51.1 Å². The summed E-state index contributed by atoms with van der Waals surface area (Å²) < 4.78 is 0. The number of carbonyl (C=O) groups is 1. The van der Waals surface area contributed by atoms with Crippen LogP contribution in [0.1, 0.15) is 54.8 Å². The highest BCUT2D eigenvalue weighted by atomic mass is 16.2. The van der Waals surface area contributed by atoms with Crippen LogP contribution in [-0.4, -0.2) is 16.0 Å². The second-order valence-corrected chi connectivity index (χ2v) is 6.31. The minimum Gasteiger partial charge on any atom is -0.334 e. The van der Waals surface area contributed by atoms with Gasteiger partial charge in [-0.2, -0.15) is 0 Å². The van der Waals surface area contributed by atoms with E-state index in [0.29, 0.717) is 13.1 Å². The molecule has 0 atom stereocenters. The molecule has 5 heteroatoms. The maximum atomic E-state index is 11.8. The zero-order valence-electron chi connectivity index (χ0n) is 13.9. The second-order valence-electron chi connectivity index (χ2n) is 6.31.